The second-order valence-electron chi connectivity index (χ2n) is 5.57. The van der Waals surface area contributed by atoms with Crippen molar-refractivity contribution in [1.82, 2.24) is 9.80 Å². The molecule has 1 heterocycles. The lowest BCUT2D eigenvalue weighted by Gasteiger charge is -2.45. The van der Waals surface area contributed by atoms with Crippen molar-refractivity contribution in [2.75, 3.05) is 13.1 Å². The molecule has 0 saturated carbocycles. The average molecular weight is 290 g/mol. The van der Waals surface area contributed by atoms with Gasteiger partial charge in [0.25, 0.3) is 0 Å². The van der Waals surface area contributed by atoms with E-state index >= 15 is 0 Å². The van der Waals surface area contributed by atoms with Crippen molar-refractivity contribution in [2.24, 2.45) is 0 Å². The van der Waals surface area contributed by atoms with Gasteiger partial charge in [0.1, 0.15) is 0 Å². The van der Waals surface area contributed by atoms with Crippen molar-refractivity contribution in [3.63, 3.8) is 0 Å². The van der Waals surface area contributed by atoms with Crippen molar-refractivity contribution in [3.05, 3.63) is 35.9 Å². The minimum Gasteiger partial charge on any atom is -0.481 e. The van der Waals surface area contributed by atoms with Gasteiger partial charge in [0.05, 0.1) is 6.42 Å². The third-order valence-electron chi connectivity index (χ3n) is 4.16. The summed E-state index contributed by atoms with van der Waals surface area (Å²) in [6.45, 7) is 5.55. The molecule has 1 aromatic rings. The van der Waals surface area contributed by atoms with Gasteiger partial charge in [-0.15, -0.1) is 0 Å². The van der Waals surface area contributed by atoms with Crippen LogP contribution >= 0.6 is 0 Å². The van der Waals surface area contributed by atoms with Gasteiger partial charge < -0.3 is 10.0 Å². The van der Waals surface area contributed by atoms with E-state index in [0.29, 0.717) is 13.1 Å². The molecular weight excluding hydrogens is 268 g/mol. The molecule has 1 fully saturated rings. The molecule has 5 heteroatoms. The summed E-state index contributed by atoms with van der Waals surface area (Å²) >= 11 is 0. The first kappa shape index (κ1) is 15.5. The quantitative estimate of drug-likeness (QED) is 0.914. The zero-order valence-electron chi connectivity index (χ0n) is 12.5. The molecule has 0 aromatic heterocycles. The van der Waals surface area contributed by atoms with Crippen LogP contribution in [-0.2, 0) is 16.1 Å². The Labute approximate surface area is 125 Å². The van der Waals surface area contributed by atoms with Crippen LogP contribution in [0.15, 0.2) is 30.3 Å². The Morgan fingerprint density at radius 3 is 2.48 bits per heavy atom. The molecule has 2 rings (SSSR count). The number of amides is 1. The van der Waals surface area contributed by atoms with Gasteiger partial charge in [-0.2, -0.15) is 0 Å². The number of piperazine rings is 1. The first-order valence-corrected chi connectivity index (χ1v) is 7.26. The number of hydrogen-bond acceptors (Lipinski definition) is 3. The third kappa shape index (κ3) is 3.82. The summed E-state index contributed by atoms with van der Waals surface area (Å²) in [5.41, 5.74) is 1.16. The van der Waals surface area contributed by atoms with Gasteiger partial charge in [-0.25, -0.2) is 0 Å². The van der Waals surface area contributed by atoms with E-state index in [4.69, 9.17) is 5.11 Å². The predicted molar refractivity (Wildman–Crippen MR) is 79.7 cm³/mol. The average Bonchev–Trinajstić information content (AvgIpc) is 2.43. The molecule has 2 atom stereocenters. The molecule has 1 aromatic carbocycles. The Morgan fingerprint density at radius 1 is 1.24 bits per heavy atom. The van der Waals surface area contributed by atoms with Crippen molar-refractivity contribution in [2.45, 2.75) is 38.9 Å². The van der Waals surface area contributed by atoms with Gasteiger partial charge in [-0.05, 0) is 12.5 Å². The van der Waals surface area contributed by atoms with Crippen LogP contribution in [0, 0.1) is 0 Å². The lowest BCUT2D eigenvalue weighted by atomic mass is 9.98. The Morgan fingerprint density at radius 2 is 1.90 bits per heavy atom. The number of benzene rings is 1. The third-order valence-corrected chi connectivity index (χ3v) is 4.16. The molecule has 1 saturated heterocycles. The summed E-state index contributed by atoms with van der Waals surface area (Å²) in [5, 5.41) is 9.16. The number of carbonyl (C=O) groups excluding carboxylic acids is 1. The fraction of sp³-hybridized carbons (Fsp3) is 0.500. The van der Waals surface area contributed by atoms with Crippen LogP contribution < -0.4 is 0 Å². The maximum atomic E-state index is 11.7. The van der Waals surface area contributed by atoms with E-state index in [2.05, 4.69) is 4.90 Å². The van der Waals surface area contributed by atoms with E-state index in [-0.39, 0.29) is 24.4 Å². The van der Waals surface area contributed by atoms with E-state index < -0.39 is 5.97 Å². The normalized spacial score (nSPS) is 23.0. The van der Waals surface area contributed by atoms with Gasteiger partial charge in [-0.3, -0.25) is 14.5 Å². The Kier molecular flexibility index (Phi) is 4.96. The lowest BCUT2D eigenvalue weighted by molar-refractivity contribution is -0.144. The molecule has 0 radical (unpaired) electrons. The number of hydrogen-bond donors (Lipinski definition) is 1. The van der Waals surface area contributed by atoms with Crippen LogP contribution in [0.1, 0.15) is 25.8 Å². The second-order valence-corrected chi connectivity index (χ2v) is 5.57. The highest BCUT2D eigenvalue weighted by Gasteiger charge is 2.36. The van der Waals surface area contributed by atoms with Crippen molar-refractivity contribution < 1.29 is 14.7 Å². The summed E-state index contributed by atoms with van der Waals surface area (Å²) in [5.74, 6) is -0.812. The van der Waals surface area contributed by atoms with Crippen LogP contribution in [0.25, 0.3) is 0 Å². The summed E-state index contributed by atoms with van der Waals surface area (Å²) in [6, 6.07) is 9.78. The van der Waals surface area contributed by atoms with Gasteiger partial charge in [0.2, 0.25) is 5.91 Å². The smallest absolute Gasteiger partial charge is 0.305 e. The number of carbonyl (C=O) groups is 2. The Hall–Kier alpha value is -1.88. The zero-order valence-corrected chi connectivity index (χ0v) is 12.5. The maximum absolute atomic E-state index is 11.7. The first-order valence-electron chi connectivity index (χ1n) is 7.26. The van der Waals surface area contributed by atoms with Crippen molar-refractivity contribution >= 4 is 11.9 Å². The molecule has 0 spiro atoms. The number of rotatable bonds is 4. The van der Waals surface area contributed by atoms with E-state index in [9.17, 15) is 9.59 Å². The highest BCUT2D eigenvalue weighted by atomic mass is 16.4. The molecule has 21 heavy (non-hydrogen) atoms. The Bertz CT molecular complexity index is 504. The lowest BCUT2D eigenvalue weighted by Crippen LogP contribution is -2.59. The Balaban J connectivity index is 2.15. The second kappa shape index (κ2) is 6.72. The van der Waals surface area contributed by atoms with Crippen LogP contribution in [0.4, 0.5) is 0 Å². The van der Waals surface area contributed by atoms with Crippen LogP contribution in [0.3, 0.4) is 0 Å². The molecule has 0 unspecified atom stereocenters. The van der Waals surface area contributed by atoms with E-state index in [1.54, 1.807) is 11.8 Å². The summed E-state index contributed by atoms with van der Waals surface area (Å²) < 4.78 is 0. The van der Waals surface area contributed by atoms with E-state index in [1.807, 2.05) is 37.3 Å². The van der Waals surface area contributed by atoms with Crippen LogP contribution in [0.2, 0.25) is 0 Å². The van der Waals surface area contributed by atoms with Gasteiger partial charge in [-0.1, -0.05) is 30.3 Å². The molecule has 0 aliphatic carbocycles. The summed E-state index contributed by atoms with van der Waals surface area (Å²) in [4.78, 5) is 26.8. The van der Waals surface area contributed by atoms with Gasteiger partial charge in [0, 0.05) is 38.6 Å². The van der Waals surface area contributed by atoms with E-state index in [1.165, 1.54) is 0 Å². The van der Waals surface area contributed by atoms with Crippen molar-refractivity contribution in [3.8, 4) is 0 Å². The molecule has 5 nitrogen and oxygen atoms in total. The maximum Gasteiger partial charge on any atom is 0.305 e. The fourth-order valence-electron chi connectivity index (χ4n) is 3.06. The molecule has 114 valence electrons. The number of carboxylic acids is 1. The fourth-order valence-corrected chi connectivity index (χ4v) is 3.06. The topological polar surface area (TPSA) is 60.9 Å². The highest BCUT2D eigenvalue weighted by molar-refractivity contribution is 5.74. The molecule has 1 amide bonds. The highest BCUT2D eigenvalue weighted by Crippen LogP contribution is 2.22. The molecule has 1 aliphatic rings. The van der Waals surface area contributed by atoms with Gasteiger partial charge >= 0.3 is 5.97 Å². The minimum absolute atomic E-state index is 0.0113. The molecule has 1 aliphatic heterocycles. The number of aliphatic carboxylic acids is 1. The summed E-state index contributed by atoms with van der Waals surface area (Å²) in [7, 11) is 0. The molecular formula is C16H22N2O3. The first-order chi connectivity index (χ1) is 9.99. The number of carboxylic acid groups (broad SMARTS) is 1. The predicted octanol–water partition coefficient (Wildman–Crippen LogP) is 1.58. The minimum atomic E-state index is -0.824. The molecule has 1 N–H and O–H groups in total. The van der Waals surface area contributed by atoms with Crippen molar-refractivity contribution in [1.29, 1.82) is 0 Å². The SMILES string of the molecule is CC(=O)N1CCN(Cc2ccccc2)[C@H](CC(=O)O)[C@H]1C. The van der Waals surface area contributed by atoms with Crippen LogP contribution in [-0.4, -0.2) is 52.0 Å². The standard InChI is InChI=1S/C16H22N2O3/c1-12-15(10-16(20)21)17(8-9-18(12)13(2)19)11-14-6-4-3-5-7-14/h3-7,12,15H,8-11H2,1-2H3,(H,20,21)/t12-,15-/m1/s1. The van der Waals surface area contributed by atoms with Gasteiger partial charge in [0.15, 0.2) is 0 Å². The molecule has 0 bridgehead atoms. The van der Waals surface area contributed by atoms with E-state index in [0.717, 1.165) is 12.1 Å². The summed E-state index contributed by atoms with van der Waals surface area (Å²) in [6.07, 6.45) is 0.0534. The van der Waals surface area contributed by atoms with Crippen LogP contribution in [0.5, 0.6) is 0 Å². The monoisotopic (exact) mass is 290 g/mol. The number of nitrogens with zero attached hydrogens (tertiary/aromatic N) is 2. The largest absolute Gasteiger partial charge is 0.481 e. The zero-order chi connectivity index (χ0) is 15.4.